The summed E-state index contributed by atoms with van der Waals surface area (Å²) in [5.41, 5.74) is 2.87. The molecule has 0 radical (unpaired) electrons. The van der Waals surface area contributed by atoms with E-state index in [0.29, 0.717) is 23.5 Å². The number of anilines is 1. The lowest BCUT2D eigenvalue weighted by molar-refractivity contribution is -0.384. The second-order valence-electron chi connectivity index (χ2n) is 8.61. The summed E-state index contributed by atoms with van der Waals surface area (Å²) >= 11 is 0. The number of non-ortho nitro benzene ring substituents is 1. The Morgan fingerprint density at radius 2 is 1.94 bits per heavy atom. The number of rotatable bonds is 8. The van der Waals surface area contributed by atoms with Crippen molar-refractivity contribution in [2.75, 3.05) is 12.4 Å². The Hall–Kier alpha value is -3.49. The molecule has 2 aromatic carbocycles. The molecule has 2 atom stereocenters. The highest BCUT2D eigenvalue weighted by Crippen LogP contribution is 2.48. The van der Waals surface area contributed by atoms with Crippen LogP contribution in [0.2, 0.25) is 0 Å². The van der Waals surface area contributed by atoms with Gasteiger partial charge in [0.15, 0.2) is 0 Å². The number of benzene rings is 2. The summed E-state index contributed by atoms with van der Waals surface area (Å²) in [6.45, 7) is 6.41. The van der Waals surface area contributed by atoms with Gasteiger partial charge in [-0.15, -0.1) is 5.11 Å². The number of nitrogens with one attached hydrogen (secondary N) is 1. The van der Waals surface area contributed by atoms with Crippen molar-refractivity contribution in [1.82, 2.24) is 0 Å². The number of hydrogen-bond acceptors (Lipinski definition) is 7. The summed E-state index contributed by atoms with van der Waals surface area (Å²) in [5, 5.41) is 31.9. The molecular formula is C23H28N4O5. The first-order valence-electron chi connectivity index (χ1n) is 10.5. The van der Waals surface area contributed by atoms with E-state index in [-0.39, 0.29) is 29.5 Å². The summed E-state index contributed by atoms with van der Waals surface area (Å²) in [5.74, 6) is 0.198. The molecule has 0 fully saturated rings. The van der Waals surface area contributed by atoms with Crippen molar-refractivity contribution in [3.05, 3.63) is 52.1 Å². The fourth-order valence-electron chi connectivity index (χ4n) is 4.43. The first-order valence-corrected chi connectivity index (χ1v) is 10.5. The molecule has 0 spiro atoms. The number of carboxylic acid groups (broad SMARTS) is 1. The number of aliphatic carboxylic acids is 1. The van der Waals surface area contributed by atoms with Crippen LogP contribution >= 0.6 is 0 Å². The molecule has 0 amide bonds. The van der Waals surface area contributed by atoms with Crippen molar-refractivity contribution >= 4 is 28.7 Å². The molecule has 2 unspecified atom stereocenters. The van der Waals surface area contributed by atoms with Gasteiger partial charge in [0.2, 0.25) is 0 Å². The van der Waals surface area contributed by atoms with Gasteiger partial charge in [0.1, 0.15) is 11.4 Å². The average molecular weight is 441 g/mol. The van der Waals surface area contributed by atoms with E-state index in [0.717, 1.165) is 17.7 Å². The Balaban J connectivity index is 1.90. The van der Waals surface area contributed by atoms with Gasteiger partial charge in [-0.25, -0.2) is 0 Å². The standard InChI is InChI=1S/C23H28N4O5/c1-14-17-12-20(26-25-15-8-10-16(11-9-15)27(30)31)21(32-4)13-19(17)24-23(2,3)18(14)6-5-7-22(28)29/h8-14,18,24H,5-7H2,1-4H3,(H,28,29). The number of carboxylic acids is 1. The summed E-state index contributed by atoms with van der Waals surface area (Å²) in [4.78, 5) is 21.3. The largest absolute Gasteiger partial charge is 0.494 e. The van der Waals surface area contributed by atoms with Crippen molar-refractivity contribution in [3.8, 4) is 5.75 Å². The first-order chi connectivity index (χ1) is 15.1. The molecule has 1 aliphatic heterocycles. The Morgan fingerprint density at radius 1 is 1.25 bits per heavy atom. The minimum Gasteiger partial charge on any atom is -0.494 e. The van der Waals surface area contributed by atoms with Crippen LogP contribution in [0.4, 0.5) is 22.7 Å². The zero-order valence-electron chi connectivity index (χ0n) is 18.7. The Morgan fingerprint density at radius 3 is 2.53 bits per heavy atom. The maximum atomic E-state index is 11.0. The molecule has 2 aromatic rings. The molecular weight excluding hydrogens is 412 g/mol. The Labute approximate surface area is 186 Å². The molecule has 0 aromatic heterocycles. The minimum atomic E-state index is -0.779. The van der Waals surface area contributed by atoms with E-state index in [2.05, 4.69) is 36.3 Å². The summed E-state index contributed by atoms with van der Waals surface area (Å²) in [7, 11) is 1.57. The molecule has 0 saturated carbocycles. The van der Waals surface area contributed by atoms with Gasteiger partial charge in [-0.3, -0.25) is 14.9 Å². The molecule has 0 aliphatic carbocycles. The molecule has 9 heteroatoms. The highest BCUT2D eigenvalue weighted by atomic mass is 16.6. The van der Waals surface area contributed by atoms with Crippen LogP contribution in [0.15, 0.2) is 46.6 Å². The van der Waals surface area contributed by atoms with Gasteiger partial charge in [-0.2, -0.15) is 5.11 Å². The predicted molar refractivity (Wildman–Crippen MR) is 121 cm³/mol. The number of carbonyl (C=O) groups is 1. The molecule has 32 heavy (non-hydrogen) atoms. The van der Waals surface area contributed by atoms with Gasteiger partial charge in [0, 0.05) is 35.8 Å². The van der Waals surface area contributed by atoms with Crippen molar-refractivity contribution in [1.29, 1.82) is 0 Å². The monoisotopic (exact) mass is 440 g/mol. The molecule has 9 nitrogen and oxygen atoms in total. The highest BCUT2D eigenvalue weighted by molar-refractivity contribution is 5.69. The number of fused-ring (bicyclic) bond motifs is 1. The SMILES string of the molecule is COc1cc2c(cc1N=Nc1ccc([N+](=O)[O-])cc1)C(C)C(CCCC(=O)O)C(C)(C)N2. The number of ether oxygens (including phenoxy) is 1. The van der Waals surface area contributed by atoms with Crippen LogP contribution in [0, 0.1) is 16.0 Å². The van der Waals surface area contributed by atoms with E-state index in [9.17, 15) is 14.9 Å². The topological polar surface area (TPSA) is 126 Å². The van der Waals surface area contributed by atoms with Gasteiger partial charge in [0.25, 0.3) is 5.69 Å². The van der Waals surface area contributed by atoms with Crippen LogP contribution < -0.4 is 10.1 Å². The molecule has 1 heterocycles. The quantitative estimate of drug-likeness (QED) is 0.286. The zero-order chi connectivity index (χ0) is 23.5. The maximum absolute atomic E-state index is 11.0. The van der Waals surface area contributed by atoms with Gasteiger partial charge < -0.3 is 15.2 Å². The Kier molecular flexibility index (Phi) is 6.76. The summed E-state index contributed by atoms with van der Waals surface area (Å²) in [6, 6.07) is 9.70. The number of nitrogens with zero attached hydrogens (tertiary/aromatic N) is 3. The smallest absolute Gasteiger partial charge is 0.303 e. The van der Waals surface area contributed by atoms with Gasteiger partial charge in [-0.05, 0) is 62.3 Å². The van der Waals surface area contributed by atoms with Crippen LogP contribution in [-0.4, -0.2) is 28.6 Å². The summed E-state index contributed by atoms with van der Waals surface area (Å²) in [6.07, 6.45) is 1.57. The molecule has 1 aliphatic rings. The van der Waals surface area contributed by atoms with Crippen LogP contribution in [0.25, 0.3) is 0 Å². The van der Waals surface area contributed by atoms with Gasteiger partial charge >= 0.3 is 5.97 Å². The minimum absolute atomic E-state index is 0.00763. The third kappa shape index (κ3) is 5.04. The van der Waals surface area contributed by atoms with E-state index in [1.165, 1.54) is 24.3 Å². The lowest BCUT2D eigenvalue weighted by Crippen LogP contribution is -2.45. The molecule has 3 rings (SSSR count). The highest BCUT2D eigenvalue weighted by Gasteiger charge is 2.39. The van der Waals surface area contributed by atoms with Gasteiger partial charge in [0.05, 0.1) is 17.7 Å². The lowest BCUT2D eigenvalue weighted by atomic mass is 9.69. The van der Waals surface area contributed by atoms with Crippen LogP contribution in [0.5, 0.6) is 5.75 Å². The third-order valence-corrected chi connectivity index (χ3v) is 6.07. The van der Waals surface area contributed by atoms with Crippen LogP contribution in [-0.2, 0) is 4.79 Å². The second-order valence-corrected chi connectivity index (χ2v) is 8.61. The first kappa shape index (κ1) is 23.2. The second kappa shape index (κ2) is 9.33. The van der Waals surface area contributed by atoms with Crippen molar-refractivity contribution in [3.63, 3.8) is 0 Å². The third-order valence-electron chi connectivity index (χ3n) is 6.07. The zero-order valence-corrected chi connectivity index (χ0v) is 18.7. The molecule has 170 valence electrons. The van der Waals surface area contributed by atoms with Crippen molar-refractivity contribution in [2.24, 2.45) is 16.1 Å². The normalized spacial score (nSPS) is 19.2. The van der Waals surface area contributed by atoms with E-state index < -0.39 is 10.9 Å². The average Bonchev–Trinajstić information content (AvgIpc) is 2.74. The number of nitro groups is 1. The van der Waals surface area contributed by atoms with E-state index >= 15 is 0 Å². The molecule has 0 bridgehead atoms. The van der Waals surface area contributed by atoms with Crippen LogP contribution in [0.1, 0.15) is 51.5 Å². The molecule has 2 N–H and O–H groups in total. The fraction of sp³-hybridized carbons (Fsp3) is 0.435. The van der Waals surface area contributed by atoms with Crippen molar-refractivity contribution in [2.45, 2.75) is 51.5 Å². The van der Waals surface area contributed by atoms with Crippen molar-refractivity contribution < 1.29 is 19.6 Å². The van der Waals surface area contributed by atoms with E-state index in [4.69, 9.17) is 9.84 Å². The van der Waals surface area contributed by atoms with E-state index in [1.54, 1.807) is 7.11 Å². The molecule has 0 saturated heterocycles. The number of methoxy groups -OCH3 is 1. The van der Waals surface area contributed by atoms with E-state index in [1.807, 2.05) is 12.1 Å². The predicted octanol–water partition coefficient (Wildman–Crippen LogP) is 6.20. The maximum Gasteiger partial charge on any atom is 0.303 e. The number of hydrogen-bond donors (Lipinski definition) is 2. The Bertz CT molecular complexity index is 1030. The van der Waals surface area contributed by atoms with Crippen LogP contribution in [0.3, 0.4) is 0 Å². The lowest BCUT2D eigenvalue weighted by Gasteiger charge is -2.45. The fourth-order valence-corrected chi connectivity index (χ4v) is 4.43. The van der Waals surface area contributed by atoms with Gasteiger partial charge in [-0.1, -0.05) is 6.92 Å². The number of azo groups is 1. The summed E-state index contributed by atoms with van der Waals surface area (Å²) < 4.78 is 5.52. The number of nitro benzene ring substituents is 1.